The van der Waals surface area contributed by atoms with Gasteiger partial charge in [-0.05, 0) is 31.4 Å². The van der Waals surface area contributed by atoms with Gasteiger partial charge in [0.25, 0.3) is 5.91 Å². The average molecular weight is 263 g/mol. The van der Waals surface area contributed by atoms with Gasteiger partial charge in [-0.2, -0.15) is 0 Å². The first kappa shape index (κ1) is 13.4. The number of carboxylic acid groups (broad SMARTS) is 1. The van der Waals surface area contributed by atoms with E-state index in [1.54, 1.807) is 23.1 Å². The van der Waals surface area contributed by atoms with Gasteiger partial charge in [0.05, 0.1) is 12.0 Å². The lowest BCUT2D eigenvalue weighted by molar-refractivity contribution is -0.138. The SMILES string of the molecule is O=C(O)CC1CCCCN1C(=O)c1ccccc1O. The van der Waals surface area contributed by atoms with Gasteiger partial charge in [0.2, 0.25) is 0 Å². The number of carbonyl (C=O) groups is 2. The Morgan fingerprint density at radius 3 is 2.68 bits per heavy atom. The van der Waals surface area contributed by atoms with Crippen LogP contribution in [0, 0.1) is 0 Å². The van der Waals surface area contributed by atoms with Crippen molar-refractivity contribution in [3.05, 3.63) is 29.8 Å². The van der Waals surface area contributed by atoms with Crippen LogP contribution in [0.3, 0.4) is 0 Å². The third-order valence-corrected chi connectivity index (χ3v) is 3.43. The minimum atomic E-state index is -0.901. The van der Waals surface area contributed by atoms with Crippen LogP contribution in [-0.4, -0.2) is 39.6 Å². The van der Waals surface area contributed by atoms with Gasteiger partial charge >= 0.3 is 5.97 Å². The van der Waals surface area contributed by atoms with E-state index < -0.39 is 5.97 Å². The van der Waals surface area contributed by atoms with Crippen LogP contribution in [0.5, 0.6) is 5.75 Å². The second-order valence-corrected chi connectivity index (χ2v) is 4.76. The molecule has 1 aliphatic rings. The van der Waals surface area contributed by atoms with Crippen LogP contribution in [0.4, 0.5) is 0 Å². The largest absolute Gasteiger partial charge is 0.507 e. The van der Waals surface area contributed by atoms with Crippen LogP contribution in [0.15, 0.2) is 24.3 Å². The number of hydrogen-bond donors (Lipinski definition) is 2. The van der Waals surface area contributed by atoms with Gasteiger partial charge in [-0.15, -0.1) is 0 Å². The number of phenols is 1. The fourth-order valence-corrected chi connectivity index (χ4v) is 2.49. The van der Waals surface area contributed by atoms with Crippen molar-refractivity contribution in [1.29, 1.82) is 0 Å². The van der Waals surface area contributed by atoms with E-state index in [-0.39, 0.29) is 29.7 Å². The summed E-state index contributed by atoms with van der Waals surface area (Å²) in [6, 6.07) is 6.08. The zero-order chi connectivity index (χ0) is 13.8. The van der Waals surface area contributed by atoms with E-state index in [0.29, 0.717) is 13.0 Å². The Morgan fingerprint density at radius 2 is 2.00 bits per heavy atom. The Bertz CT molecular complexity index is 486. The van der Waals surface area contributed by atoms with E-state index >= 15 is 0 Å². The van der Waals surface area contributed by atoms with Crippen LogP contribution < -0.4 is 0 Å². The number of piperidine rings is 1. The van der Waals surface area contributed by atoms with Gasteiger partial charge in [-0.25, -0.2) is 0 Å². The molecule has 1 heterocycles. The molecule has 1 atom stereocenters. The Labute approximate surface area is 111 Å². The molecule has 0 aliphatic carbocycles. The molecule has 5 nitrogen and oxygen atoms in total. The van der Waals surface area contributed by atoms with Crippen LogP contribution in [0.1, 0.15) is 36.0 Å². The molecule has 1 aromatic rings. The lowest BCUT2D eigenvalue weighted by Gasteiger charge is -2.35. The summed E-state index contributed by atoms with van der Waals surface area (Å²) < 4.78 is 0. The van der Waals surface area contributed by atoms with Gasteiger partial charge in [-0.1, -0.05) is 12.1 Å². The van der Waals surface area contributed by atoms with Crippen LogP contribution in [0.2, 0.25) is 0 Å². The maximum Gasteiger partial charge on any atom is 0.305 e. The molecule has 1 aromatic carbocycles. The lowest BCUT2D eigenvalue weighted by atomic mass is 9.98. The van der Waals surface area contributed by atoms with Crippen molar-refractivity contribution >= 4 is 11.9 Å². The summed E-state index contributed by atoms with van der Waals surface area (Å²) >= 11 is 0. The lowest BCUT2D eigenvalue weighted by Crippen LogP contribution is -2.44. The second kappa shape index (κ2) is 5.73. The minimum Gasteiger partial charge on any atom is -0.507 e. The molecule has 0 aromatic heterocycles. The van der Waals surface area contributed by atoms with Crippen molar-refractivity contribution in [2.75, 3.05) is 6.54 Å². The summed E-state index contributed by atoms with van der Waals surface area (Å²) in [4.78, 5) is 24.8. The number of carboxylic acids is 1. The first-order valence-corrected chi connectivity index (χ1v) is 6.40. The molecule has 2 N–H and O–H groups in total. The fourth-order valence-electron chi connectivity index (χ4n) is 2.49. The van der Waals surface area contributed by atoms with Crippen molar-refractivity contribution in [2.45, 2.75) is 31.7 Å². The predicted octanol–water partition coefficient (Wildman–Crippen LogP) is 1.86. The van der Waals surface area contributed by atoms with E-state index in [1.807, 2.05) is 0 Å². The minimum absolute atomic E-state index is 0.0423. The van der Waals surface area contributed by atoms with Gasteiger partial charge in [0.15, 0.2) is 0 Å². The Kier molecular flexibility index (Phi) is 4.04. The zero-order valence-electron chi connectivity index (χ0n) is 10.6. The first-order chi connectivity index (χ1) is 9.09. The maximum absolute atomic E-state index is 12.4. The number of carbonyl (C=O) groups excluding carboxylic acids is 1. The van der Waals surface area contributed by atoms with Gasteiger partial charge in [-0.3, -0.25) is 9.59 Å². The predicted molar refractivity (Wildman–Crippen MR) is 69.0 cm³/mol. The number of benzene rings is 1. The second-order valence-electron chi connectivity index (χ2n) is 4.76. The molecule has 1 saturated heterocycles. The smallest absolute Gasteiger partial charge is 0.305 e. The van der Waals surface area contributed by atoms with Gasteiger partial charge < -0.3 is 15.1 Å². The quantitative estimate of drug-likeness (QED) is 0.872. The van der Waals surface area contributed by atoms with Crippen LogP contribution in [-0.2, 0) is 4.79 Å². The molecule has 1 aliphatic heterocycles. The maximum atomic E-state index is 12.4. The molecule has 1 fully saturated rings. The van der Waals surface area contributed by atoms with Crippen LogP contribution in [0.25, 0.3) is 0 Å². The summed E-state index contributed by atoms with van der Waals surface area (Å²) in [5, 5.41) is 18.6. The summed E-state index contributed by atoms with van der Waals surface area (Å²) in [7, 11) is 0. The van der Waals surface area contributed by atoms with Crippen LogP contribution >= 0.6 is 0 Å². The Balaban J connectivity index is 2.20. The number of phenolic OH excluding ortho intramolecular Hbond substituents is 1. The number of para-hydroxylation sites is 1. The number of hydrogen-bond acceptors (Lipinski definition) is 3. The monoisotopic (exact) mass is 263 g/mol. The highest BCUT2D eigenvalue weighted by Crippen LogP contribution is 2.25. The Morgan fingerprint density at radius 1 is 1.26 bits per heavy atom. The standard InChI is InChI=1S/C14H17NO4/c16-12-7-2-1-6-11(12)14(19)15-8-4-3-5-10(15)9-13(17)18/h1-2,6-7,10,16H,3-5,8-9H2,(H,17,18). The summed E-state index contributed by atoms with van der Waals surface area (Å²) in [5.74, 6) is -1.25. The molecule has 0 spiro atoms. The van der Waals surface area contributed by atoms with Crippen molar-refractivity contribution in [3.63, 3.8) is 0 Å². The average Bonchev–Trinajstić information content (AvgIpc) is 2.38. The highest BCUT2D eigenvalue weighted by atomic mass is 16.4. The van der Waals surface area contributed by atoms with E-state index in [1.165, 1.54) is 6.07 Å². The first-order valence-electron chi connectivity index (χ1n) is 6.40. The summed E-state index contributed by atoms with van der Waals surface area (Å²) in [6.45, 7) is 0.547. The molecule has 0 bridgehead atoms. The highest BCUT2D eigenvalue weighted by Gasteiger charge is 2.30. The summed E-state index contributed by atoms with van der Waals surface area (Å²) in [6.07, 6.45) is 2.46. The molecule has 1 amide bonds. The van der Waals surface area contributed by atoms with Crippen molar-refractivity contribution in [3.8, 4) is 5.75 Å². The third-order valence-electron chi connectivity index (χ3n) is 3.43. The fraction of sp³-hybridized carbons (Fsp3) is 0.429. The molecule has 0 radical (unpaired) electrons. The zero-order valence-corrected chi connectivity index (χ0v) is 10.6. The van der Waals surface area contributed by atoms with Crippen molar-refractivity contribution in [2.24, 2.45) is 0 Å². The van der Waals surface area contributed by atoms with E-state index in [9.17, 15) is 14.7 Å². The van der Waals surface area contributed by atoms with Crippen molar-refractivity contribution in [1.82, 2.24) is 4.90 Å². The number of likely N-dealkylation sites (tertiary alicyclic amines) is 1. The number of nitrogens with zero attached hydrogens (tertiary/aromatic N) is 1. The van der Waals surface area contributed by atoms with Crippen molar-refractivity contribution < 1.29 is 19.8 Å². The number of rotatable bonds is 3. The summed E-state index contributed by atoms with van der Waals surface area (Å²) in [5.41, 5.74) is 0.236. The van der Waals surface area contributed by atoms with E-state index in [4.69, 9.17) is 5.11 Å². The molecular weight excluding hydrogens is 246 g/mol. The molecule has 102 valence electrons. The molecular formula is C14H17NO4. The third kappa shape index (κ3) is 3.05. The number of aliphatic carboxylic acids is 1. The van der Waals surface area contributed by atoms with E-state index in [0.717, 1.165) is 12.8 Å². The molecule has 5 heteroatoms. The topological polar surface area (TPSA) is 77.8 Å². The van der Waals surface area contributed by atoms with Gasteiger partial charge in [0.1, 0.15) is 5.75 Å². The molecule has 2 rings (SSSR count). The van der Waals surface area contributed by atoms with E-state index in [2.05, 4.69) is 0 Å². The number of amides is 1. The van der Waals surface area contributed by atoms with Gasteiger partial charge in [0, 0.05) is 12.6 Å². The molecule has 1 unspecified atom stereocenters. The number of aromatic hydroxyl groups is 1. The normalized spacial score (nSPS) is 19.2. The molecule has 0 saturated carbocycles. The molecule has 19 heavy (non-hydrogen) atoms. The Hall–Kier alpha value is -2.04. The highest BCUT2D eigenvalue weighted by molar-refractivity contribution is 5.97.